The number of nitrogens with zero attached hydrogens (tertiary/aromatic N) is 1. The van der Waals surface area contributed by atoms with Crippen LogP contribution in [0.2, 0.25) is 5.02 Å². The number of hydrogen-bond acceptors (Lipinski definition) is 5. The topological polar surface area (TPSA) is 78.7 Å². The molecule has 0 N–H and O–H groups in total. The first-order chi connectivity index (χ1) is 8.49. The Labute approximate surface area is 109 Å². The average molecular weight is 274 g/mol. The molecular weight excluding hydrogens is 262 g/mol. The van der Waals surface area contributed by atoms with Gasteiger partial charge in [-0.25, -0.2) is 0 Å². The fraction of sp³-hybridized carbons (Fsp3) is 0.364. The summed E-state index contributed by atoms with van der Waals surface area (Å²) in [6.07, 6.45) is -0.127. The number of carbonyl (C=O) groups is 1. The summed E-state index contributed by atoms with van der Waals surface area (Å²) in [5.41, 5.74) is 0.0550. The van der Waals surface area contributed by atoms with Gasteiger partial charge < -0.3 is 9.47 Å². The Morgan fingerprint density at radius 2 is 2.17 bits per heavy atom. The number of methoxy groups -OCH3 is 1. The Bertz CT molecular complexity index is 475. The lowest BCUT2D eigenvalue weighted by Gasteiger charge is -2.09. The van der Waals surface area contributed by atoms with E-state index in [1.165, 1.54) is 19.2 Å². The monoisotopic (exact) mass is 273 g/mol. The maximum absolute atomic E-state index is 11.4. The molecule has 0 spiro atoms. The van der Waals surface area contributed by atoms with Crippen LogP contribution in [0.15, 0.2) is 12.1 Å². The average Bonchev–Trinajstić information content (AvgIpc) is 2.28. The first kappa shape index (κ1) is 14.2. The van der Waals surface area contributed by atoms with Crippen molar-refractivity contribution in [3.05, 3.63) is 32.8 Å². The van der Waals surface area contributed by atoms with E-state index in [2.05, 4.69) is 0 Å². The molecule has 0 heterocycles. The molecule has 0 aliphatic carbocycles. The molecule has 0 bridgehead atoms. The van der Waals surface area contributed by atoms with Gasteiger partial charge in [0, 0.05) is 16.7 Å². The van der Waals surface area contributed by atoms with Gasteiger partial charge in [0.05, 0.1) is 25.1 Å². The lowest BCUT2D eigenvalue weighted by molar-refractivity contribution is -0.385. The van der Waals surface area contributed by atoms with Crippen molar-refractivity contribution in [1.82, 2.24) is 0 Å². The van der Waals surface area contributed by atoms with E-state index in [4.69, 9.17) is 21.1 Å². The molecule has 7 heteroatoms. The Kier molecular flexibility index (Phi) is 4.91. The summed E-state index contributed by atoms with van der Waals surface area (Å²) in [6.45, 7) is 1.92. The zero-order valence-electron chi connectivity index (χ0n) is 9.94. The van der Waals surface area contributed by atoms with Crippen LogP contribution in [0.3, 0.4) is 0 Å². The summed E-state index contributed by atoms with van der Waals surface area (Å²) in [5.74, 6) is -0.468. The molecule has 0 amide bonds. The first-order valence-electron chi connectivity index (χ1n) is 5.16. The van der Waals surface area contributed by atoms with Crippen molar-refractivity contribution < 1.29 is 19.2 Å². The number of esters is 1. The highest BCUT2D eigenvalue weighted by molar-refractivity contribution is 6.31. The molecule has 0 radical (unpaired) electrons. The second kappa shape index (κ2) is 6.20. The predicted octanol–water partition coefficient (Wildman–Crippen LogP) is 2.36. The molecule has 0 aromatic heterocycles. The van der Waals surface area contributed by atoms with Crippen LogP contribution in [0.4, 0.5) is 5.69 Å². The standard InChI is InChI=1S/C11H12ClNO5/c1-3-18-10(14)5-7-4-8(12)6-9(13(15)16)11(7)17-2/h4,6H,3,5H2,1-2H3. The summed E-state index contributed by atoms with van der Waals surface area (Å²) >= 11 is 5.77. The Balaban J connectivity index is 3.17. The van der Waals surface area contributed by atoms with E-state index in [0.717, 1.165) is 0 Å². The molecule has 0 saturated carbocycles. The molecule has 18 heavy (non-hydrogen) atoms. The maximum atomic E-state index is 11.4. The normalized spacial score (nSPS) is 9.94. The van der Waals surface area contributed by atoms with Crippen molar-refractivity contribution >= 4 is 23.3 Å². The van der Waals surface area contributed by atoms with Crippen molar-refractivity contribution in [3.8, 4) is 5.75 Å². The van der Waals surface area contributed by atoms with Gasteiger partial charge in [-0.2, -0.15) is 0 Å². The Morgan fingerprint density at radius 3 is 2.67 bits per heavy atom. The molecule has 6 nitrogen and oxygen atoms in total. The van der Waals surface area contributed by atoms with Crippen LogP contribution >= 0.6 is 11.6 Å². The third-order valence-electron chi connectivity index (χ3n) is 2.15. The van der Waals surface area contributed by atoms with Gasteiger partial charge in [-0.05, 0) is 13.0 Å². The molecule has 1 aromatic carbocycles. The highest BCUT2D eigenvalue weighted by Crippen LogP contribution is 2.34. The van der Waals surface area contributed by atoms with E-state index >= 15 is 0 Å². The number of ether oxygens (including phenoxy) is 2. The number of benzene rings is 1. The summed E-state index contributed by atoms with van der Waals surface area (Å²) in [7, 11) is 1.30. The lowest BCUT2D eigenvalue weighted by Crippen LogP contribution is -2.09. The van der Waals surface area contributed by atoms with Crippen LogP contribution in [0.1, 0.15) is 12.5 Å². The van der Waals surface area contributed by atoms with Crippen molar-refractivity contribution in [2.45, 2.75) is 13.3 Å². The van der Waals surface area contributed by atoms with E-state index in [9.17, 15) is 14.9 Å². The molecule has 0 aliphatic heterocycles. The fourth-order valence-corrected chi connectivity index (χ4v) is 1.74. The van der Waals surface area contributed by atoms with E-state index < -0.39 is 10.9 Å². The summed E-state index contributed by atoms with van der Waals surface area (Å²) in [5, 5.41) is 11.0. The van der Waals surface area contributed by atoms with Gasteiger partial charge in [-0.15, -0.1) is 0 Å². The van der Waals surface area contributed by atoms with Gasteiger partial charge in [0.1, 0.15) is 0 Å². The number of rotatable bonds is 5. The first-order valence-corrected chi connectivity index (χ1v) is 5.53. The molecular formula is C11H12ClNO5. The number of carbonyl (C=O) groups excluding carboxylic acids is 1. The lowest BCUT2D eigenvalue weighted by atomic mass is 10.1. The van der Waals surface area contributed by atoms with E-state index in [-0.39, 0.29) is 29.5 Å². The largest absolute Gasteiger partial charge is 0.490 e. The van der Waals surface area contributed by atoms with E-state index in [0.29, 0.717) is 5.56 Å². The van der Waals surface area contributed by atoms with Gasteiger partial charge in [-0.1, -0.05) is 11.6 Å². The molecule has 1 aromatic rings. The number of hydrogen-bond donors (Lipinski definition) is 0. The second-order valence-electron chi connectivity index (χ2n) is 3.36. The minimum absolute atomic E-state index is 0.0254. The van der Waals surface area contributed by atoms with Gasteiger partial charge in [0.15, 0.2) is 0 Å². The molecule has 98 valence electrons. The SMILES string of the molecule is CCOC(=O)Cc1cc(Cl)cc([N+](=O)[O-])c1OC. The second-order valence-corrected chi connectivity index (χ2v) is 3.79. The van der Waals surface area contributed by atoms with Gasteiger partial charge in [0.25, 0.3) is 0 Å². The third kappa shape index (κ3) is 3.33. The number of halogens is 1. The minimum atomic E-state index is -0.612. The number of nitro benzene ring substituents is 1. The highest BCUT2D eigenvalue weighted by Gasteiger charge is 2.22. The van der Waals surface area contributed by atoms with E-state index in [1.807, 2.05) is 0 Å². The fourth-order valence-electron chi connectivity index (χ4n) is 1.50. The summed E-state index contributed by atoms with van der Waals surface area (Å²) < 4.78 is 9.74. The summed E-state index contributed by atoms with van der Waals surface area (Å²) in [4.78, 5) is 21.6. The minimum Gasteiger partial charge on any atom is -0.490 e. The van der Waals surface area contributed by atoms with Crippen LogP contribution in [0.25, 0.3) is 0 Å². The molecule has 0 aliphatic rings. The zero-order chi connectivity index (χ0) is 13.7. The van der Waals surface area contributed by atoms with Gasteiger partial charge in [0.2, 0.25) is 5.75 Å². The Hall–Kier alpha value is -1.82. The van der Waals surface area contributed by atoms with Crippen LogP contribution in [-0.2, 0) is 16.0 Å². The highest BCUT2D eigenvalue weighted by atomic mass is 35.5. The third-order valence-corrected chi connectivity index (χ3v) is 2.37. The van der Waals surface area contributed by atoms with E-state index in [1.54, 1.807) is 6.92 Å². The van der Waals surface area contributed by atoms with Crippen LogP contribution in [-0.4, -0.2) is 24.6 Å². The van der Waals surface area contributed by atoms with Crippen LogP contribution in [0, 0.1) is 10.1 Å². The molecule has 0 atom stereocenters. The quantitative estimate of drug-likeness (QED) is 0.467. The van der Waals surface area contributed by atoms with Gasteiger partial charge >= 0.3 is 11.7 Å². The smallest absolute Gasteiger partial charge is 0.312 e. The molecule has 0 unspecified atom stereocenters. The zero-order valence-corrected chi connectivity index (χ0v) is 10.7. The molecule has 0 saturated heterocycles. The predicted molar refractivity (Wildman–Crippen MR) is 65.0 cm³/mol. The van der Waals surface area contributed by atoms with Crippen molar-refractivity contribution in [3.63, 3.8) is 0 Å². The van der Waals surface area contributed by atoms with Crippen molar-refractivity contribution in [2.75, 3.05) is 13.7 Å². The van der Waals surface area contributed by atoms with Crippen LogP contribution in [0.5, 0.6) is 5.75 Å². The molecule has 0 fully saturated rings. The number of nitro groups is 1. The van der Waals surface area contributed by atoms with Crippen molar-refractivity contribution in [1.29, 1.82) is 0 Å². The maximum Gasteiger partial charge on any atom is 0.312 e. The van der Waals surface area contributed by atoms with Crippen molar-refractivity contribution in [2.24, 2.45) is 0 Å². The Morgan fingerprint density at radius 1 is 1.50 bits per heavy atom. The van der Waals surface area contributed by atoms with Gasteiger partial charge in [-0.3, -0.25) is 14.9 Å². The van der Waals surface area contributed by atoms with Crippen LogP contribution < -0.4 is 4.74 Å². The summed E-state index contributed by atoms with van der Waals surface area (Å²) in [6, 6.07) is 2.62. The molecule has 1 rings (SSSR count).